The Morgan fingerprint density at radius 2 is 1.67 bits per heavy atom. The molecule has 94 valence electrons. The first-order valence-corrected chi connectivity index (χ1v) is 6.45. The van der Waals surface area contributed by atoms with Crippen LogP contribution in [0.2, 0.25) is 0 Å². The Balaban J connectivity index is 1.99. The minimum atomic E-state index is 0.320. The largest absolute Gasteiger partial charge is 0.494 e. The Hall–Kier alpha value is -1.62. The standard InChI is InChI=1S/C13H13BrN2O2/c1-2-7-17-11-3-5-12(6-4-11)18-13-15-8-10(14)9-16-13/h3-6,8-9H,2,7H2,1H3. The van der Waals surface area contributed by atoms with E-state index in [-0.39, 0.29) is 0 Å². The third kappa shape index (κ3) is 3.70. The molecule has 0 spiro atoms. The van der Waals surface area contributed by atoms with Crippen LogP contribution in [0, 0.1) is 0 Å². The second kappa shape index (κ2) is 6.35. The molecule has 18 heavy (non-hydrogen) atoms. The minimum absolute atomic E-state index is 0.320. The fourth-order valence-electron chi connectivity index (χ4n) is 1.28. The van der Waals surface area contributed by atoms with Crippen molar-refractivity contribution in [2.24, 2.45) is 0 Å². The van der Waals surface area contributed by atoms with E-state index in [1.54, 1.807) is 12.4 Å². The van der Waals surface area contributed by atoms with Gasteiger partial charge in [-0.3, -0.25) is 0 Å². The van der Waals surface area contributed by atoms with Crippen LogP contribution in [0.15, 0.2) is 41.1 Å². The van der Waals surface area contributed by atoms with Crippen LogP contribution >= 0.6 is 15.9 Å². The van der Waals surface area contributed by atoms with Crippen LogP contribution in [-0.2, 0) is 0 Å². The monoisotopic (exact) mass is 308 g/mol. The molecule has 5 heteroatoms. The van der Waals surface area contributed by atoms with E-state index in [4.69, 9.17) is 9.47 Å². The predicted octanol–water partition coefficient (Wildman–Crippen LogP) is 3.82. The quantitative estimate of drug-likeness (QED) is 0.842. The molecule has 0 unspecified atom stereocenters. The summed E-state index contributed by atoms with van der Waals surface area (Å²) in [6.07, 6.45) is 4.27. The maximum atomic E-state index is 5.49. The molecular formula is C13H13BrN2O2. The van der Waals surface area contributed by atoms with Gasteiger partial charge in [-0.05, 0) is 46.6 Å². The Bertz CT molecular complexity index is 485. The number of benzene rings is 1. The summed E-state index contributed by atoms with van der Waals surface area (Å²) in [5, 5.41) is 0. The number of rotatable bonds is 5. The molecule has 0 saturated carbocycles. The molecule has 0 aliphatic rings. The van der Waals surface area contributed by atoms with E-state index in [0.717, 1.165) is 23.2 Å². The van der Waals surface area contributed by atoms with Gasteiger partial charge >= 0.3 is 6.01 Å². The van der Waals surface area contributed by atoms with Gasteiger partial charge < -0.3 is 9.47 Å². The van der Waals surface area contributed by atoms with Gasteiger partial charge in [-0.2, -0.15) is 0 Å². The number of hydrogen-bond acceptors (Lipinski definition) is 4. The Kier molecular flexibility index (Phi) is 4.52. The van der Waals surface area contributed by atoms with Gasteiger partial charge in [-0.25, -0.2) is 9.97 Å². The number of halogens is 1. The van der Waals surface area contributed by atoms with Crippen molar-refractivity contribution in [2.75, 3.05) is 6.61 Å². The van der Waals surface area contributed by atoms with Crippen LogP contribution in [0.3, 0.4) is 0 Å². The Labute approximate surface area is 114 Å². The molecule has 2 rings (SSSR count). The summed E-state index contributed by atoms with van der Waals surface area (Å²) >= 11 is 3.27. The average Bonchev–Trinajstić information content (AvgIpc) is 2.41. The van der Waals surface area contributed by atoms with E-state index >= 15 is 0 Å². The van der Waals surface area contributed by atoms with E-state index < -0.39 is 0 Å². The summed E-state index contributed by atoms with van der Waals surface area (Å²) in [5.74, 6) is 1.52. The summed E-state index contributed by atoms with van der Waals surface area (Å²) < 4.78 is 11.8. The minimum Gasteiger partial charge on any atom is -0.494 e. The van der Waals surface area contributed by atoms with E-state index in [1.165, 1.54) is 0 Å². The fourth-order valence-corrected chi connectivity index (χ4v) is 1.49. The number of hydrogen-bond donors (Lipinski definition) is 0. The molecule has 0 fully saturated rings. The second-order valence-electron chi connectivity index (χ2n) is 3.61. The summed E-state index contributed by atoms with van der Waals surface area (Å²) in [4.78, 5) is 8.07. The molecular weight excluding hydrogens is 296 g/mol. The van der Waals surface area contributed by atoms with Gasteiger partial charge in [0, 0.05) is 12.4 Å². The number of aromatic nitrogens is 2. The SMILES string of the molecule is CCCOc1ccc(Oc2ncc(Br)cn2)cc1. The third-order valence-electron chi connectivity index (χ3n) is 2.10. The molecule has 1 heterocycles. The van der Waals surface area contributed by atoms with Crippen LogP contribution in [0.4, 0.5) is 0 Å². The Morgan fingerprint density at radius 3 is 2.28 bits per heavy atom. The summed E-state index contributed by atoms with van der Waals surface area (Å²) in [6.45, 7) is 2.79. The lowest BCUT2D eigenvalue weighted by atomic mass is 10.3. The molecule has 0 atom stereocenters. The highest BCUT2D eigenvalue weighted by molar-refractivity contribution is 9.10. The zero-order valence-electron chi connectivity index (χ0n) is 9.97. The van der Waals surface area contributed by atoms with Crippen LogP contribution in [0.25, 0.3) is 0 Å². The predicted molar refractivity (Wildman–Crippen MR) is 72.0 cm³/mol. The first-order chi connectivity index (χ1) is 8.78. The third-order valence-corrected chi connectivity index (χ3v) is 2.51. The normalized spacial score (nSPS) is 10.1. The molecule has 2 aromatic rings. The van der Waals surface area contributed by atoms with E-state index in [2.05, 4.69) is 32.8 Å². The first-order valence-electron chi connectivity index (χ1n) is 5.66. The second-order valence-corrected chi connectivity index (χ2v) is 4.52. The number of ether oxygens (including phenoxy) is 2. The first kappa shape index (κ1) is 12.8. The fraction of sp³-hybridized carbons (Fsp3) is 0.231. The molecule has 1 aromatic heterocycles. The van der Waals surface area contributed by atoms with Crippen molar-refractivity contribution in [3.05, 3.63) is 41.1 Å². The van der Waals surface area contributed by atoms with Crippen molar-refractivity contribution < 1.29 is 9.47 Å². The van der Waals surface area contributed by atoms with Crippen molar-refractivity contribution in [2.45, 2.75) is 13.3 Å². The lowest BCUT2D eigenvalue weighted by molar-refractivity contribution is 0.317. The highest BCUT2D eigenvalue weighted by Gasteiger charge is 2.00. The highest BCUT2D eigenvalue weighted by atomic mass is 79.9. The molecule has 4 nitrogen and oxygen atoms in total. The lowest BCUT2D eigenvalue weighted by Crippen LogP contribution is -1.95. The van der Waals surface area contributed by atoms with Crippen molar-refractivity contribution in [1.82, 2.24) is 9.97 Å². The lowest BCUT2D eigenvalue weighted by Gasteiger charge is -2.06. The molecule has 0 amide bonds. The number of nitrogens with zero attached hydrogens (tertiary/aromatic N) is 2. The van der Waals surface area contributed by atoms with Gasteiger partial charge in [-0.15, -0.1) is 0 Å². The van der Waals surface area contributed by atoms with Gasteiger partial charge in [0.25, 0.3) is 0 Å². The highest BCUT2D eigenvalue weighted by Crippen LogP contribution is 2.21. The molecule has 1 aromatic carbocycles. The summed E-state index contributed by atoms with van der Waals surface area (Å²) in [5.41, 5.74) is 0. The van der Waals surface area contributed by atoms with Gasteiger partial charge in [0.05, 0.1) is 11.1 Å². The van der Waals surface area contributed by atoms with E-state index in [9.17, 15) is 0 Å². The molecule has 0 bridgehead atoms. The topological polar surface area (TPSA) is 44.2 Å². The molecule has 0 aliphatic heterocycles. The maximum Gasteiger partial charge on any atom is 0.321 e. The van der Waals surface area contributed by atoms with Crippen molar-refractivity contribution in [3.63, 3.8) is 0 Å². The summed E-state index contributed by atoms with van der Waals surface area (Å²) in [7, 11) is 0. The van der Waals surface area contributed by atoms with Gasteiger partial charge in [0.1, 0.15) is 11.5 Å². The van der Waals surface area contributed by atoms with Crippen molar-refractivity contribution in [1.29, 1.82) is 0 Å². The van der Waals surface area contributed by atoms with Crippen molar-refractivity contribution in [3.8, 4) is 17.5 Å². The van der Waals surface area contributed by atoms with Crippen LogP contribution in [0.5, 0.6) is 17.5 Å². The van der Waals surface area contributed by atoms with Gasteiger partial charge in [0.2, 0.25) is 0 Å². The molecule has 0 radical (unpaired) electrons. The zero-order valence-corrected chi connectivity index (χ0v) is 11.6. The van der Waals surface area contributed by atoms with E-state index in [1.807, 2.05) is 24.3 Å². The Morgan fingerprint density at radius 1 is 1.06 bits per heavy atom. The van der Waals surface area contributed by atoms with Crippen LogP contribution in [-0.4, -0.2) is 16.6 Å². The van der Waals surface area contributed by atoms with E-state index in [0.29, 0.717) is 11.8 Å². The zero-order chi connectivity index (χ0) is 12.8. The summed E-state index contributed by atoms with van der Waals surface area (Å²) in [6, 6.07) is 7.71. The molecule has 0 saturated heterocycles. The van der Waals surface area contributed by atoms with Crippen LogP contribution < -0.4 is 9.47 Å². The van der Waals surface area contributed by atoms with Crippen molar-refractivity contribution >= 4 is 15.9 Å². The maximum absolute atomic E-state index is 5.49. The van der Waals surface area contributed by atoms with Gasteiger partial charge in [-0.1, -0.05) is 6.92 Å². The molecule has 0 N–H and O–H groups in total. The van der Waals surface area contributed by atoms with Gasteiger partial charge in [0.15, 0.2) is 0 Å². The average molecular weight is 309 g/mol. The van der Waals surface area contributed by atoms with Crippen LogP contribution in [0.1, 0.15) is 13.3 Å². The smallest absolute Gasteiger partial charge is 0.321 e. The molecule has 0 aliphatic carbocycles.